The summed E-state index contributed by atoms with van der Waals surface area (Å²) in [5.41, 5.74) is 7.03. The van der Waals surface area contributed by atoms with E-state index in [-0.39, 0.29) is 17.3 Å². The van der Waals surface area contributed by atoms with Crippen molar-refractivity contribution in [3.05, 3.63) is 40.8 Å². The van der Waals surface area contributed by atoms with Gasteiger partial charge in [0.2, 0.25) is 5.82 Å². The number of nitro groups is 1. The van der Waals surface area contributed by atoms with E-state index in [1.807, 2.05) is 0 Å². The van der Waals surface area contributed by atoms with Gasteiger partial charge in [0.25, 0.3) is 11.6 Å². The van der Waals surface area contributed by atoms with Crippen LogP contribution in [0.1, 0.15) is 0 Å². The van der Waals surface area contributed by atoms with Gasteiger partial charge in [-0.3, -0.25) is 10.1 Å². The fourth-order valence-corrected chi connectivity index (χ4v) is 1.87. The molecule has 3 rings (SSSR count). The second-order valence-electron chi connectivity index (χ2n) is 4.34. The van der Waals surface area contributed by atoms with Crippen molar-refractivity contribution >= 4 is 11.4 Å². The maximum atomic E-state index is 10.7. The quantitative estimate of drug-likeness (QED) is 0.440. The first-order chi connectivity index (χ1) is 10.1. The highest BCUT2D eigenvalue weighted by molar-refractivity contribution is 5.73. The number of hydrogen-bond donors (Lipinski definition) is 1. The van der Waals surface area contributed by atoms with Gasteiger partial charge in [-0.25, -0.2) is 4.98 Å². The molecule has 2 heterocycles. The summed E-state index contributed by atoms with van der Waals surface area (Å²) in [6, 6.07) is 4.07. The number of rotatable bonds is 3. The molecule has 3 aromatic rings. The van der Waals surface area contributed by atoms with Crippen LogP contribution in [0.15, 0.2) is 35.2 Å². The maximum Gasteiger partial charge on any atom is 0.271 e. The fourth-order valence-electron chi connectivity index (χ4n) is 1.87. The second kappa shape index (κ2) is 4.71. The van der Waals surface area contributed by atoms with Crippen LogP contribution in [0.2, 0.25) is 0 Å². The van der Waals surface area contributed by atoms with Crippen molar-refractivity contribution in [2.45, 2.75) is 0 Å². The third-order valence-corrected chi connectivity index (χ3v) is 2.95. The van der Waals surface area contributed by atoms with Crippen LogP contribution in [0.3, 0.4) is 0 Å². The Hall–Kier alpha value is -3.23. The minimum Gasteiger partial charge on any atom is -0.398 e. The van der Waals surface area contributed by atoms with Gasteiger partial charge >= 0.3 is 0 Å². The van der Waals surface area contributed by atoms with Crippen molar-refractivity contribution in [1.82, 2.24) is 19.7 Å². The lowest BCUT2D eigenvalue weighted by Crippen LogP contribution is -1.94. The number of nitrogen functional groups attached to an aromatic ring is 1. The van der Waals surface area contributed by atoms with E-state index in [0.717, 1.165) is 0 Å². The minimum atomic E-state index is -0.519. The number of aromatic nitrogens is 4. The van der Waals surface area contributed by atoms with E-state index < -0.39 is 4.92 Å². The van der Waals surface area contributed by atoms with Gasteiger partial charge in [0.15, 0.2) is 0 Å². The molecule has 0 radical (unpaired) electrons. The van der Waals surface area contributed by atoms with Gasteiger partial charge in [-0.2, -0.15) is 4.98 Å². The molecule has 0 saturated heterocycles. The largest absolute Gasteiger partial charge is 0.398 e. The van der Waals surface area contributed by atoms with Crippen LogP contribution in [-0.4, -0.2) is 24.6 Å². The molecule has 0 atom stereocenters. The summed E-state index contributed by atoms with van der Waals surface area (Å²) in [5.74, 6) is 0.557. The average Bonchev–Trinajstić information content (AvgIpc) is 3.07. The predicted octanol–water partition coefficient (Wildman–Crippen LogP) is 1.63. The number of imidazole rings is 1. The van der Waals surface area contributed by atoms with Crippen molar-refractivity contribution in [2.24, 2.45) is 7.05 Å². The van der Waals surface area contributed by atoms with E-state index in [0.29, 0.717) is 17.1 Å². The first-order valence-electron chi connectivity index (χ1n) is 5.91. The van der Waals surface area contributed by atoms with E-state index in [2.05, 4.69) is 15.1 Å². The zero-order valence-electron chi connectivity index (χ0n) is 10.9. The van der Waals surface area contributed by atoms with Gasteiger partial charge in [-0.1, -0.05) is 5.16 Å². The predicted molar refractivity (Wildman–Crippen MR) is 73.0 cm³/mol. The summed E-state index contributed by atoms with van der Waals surface area (Å²) >= 11 is 0. The lowest BCUT2D eigenvalue weighted by atomic mass is 10.1. The van der Waals surface area contributed by atoms with Crippen LogP contribution in [0.4, 0.5) is 11.4 Å². The molecule has 0 saturated carbocycles. The molecule has 0 aliphatic carbocycles. The van der Waals surface area contributed by atoms with Gasteiger partial charge in [0.05, 0.1) is 28.7 Å². The molecule has 0 aliphatic rings. The lowest BCUT2D eigenvalue weighted by molar-refractivity contribution is -0.384. The third-order valence-electron chi connectivity index (χ3n) is 2.95. The van der Waals surface area contributed by atoms with Gasteiger partial charge in [-0.05, 0) is 6.07 Å². The molecule has 2 N–H and O–H groups in total. The zero-order chi connectivity index (χ0) is 15.0. The van der Waals surface area contributed by atoms with Crippen molar-refractivity contribution in [2.75, 3.05) is 5.73 Å². The van der Waals surface area contributed by atoms with Gasteiger partial charge in [0, 0.05) is 19.2 Å². The van der Waals surface area contributed by atoms with Gasteiger partial charge < -0.3 is 14.8 Å². The zero-order valence-corrected chi connectivity index (χ0v) is 10.9. The SMILES string of the molecule is Cn1cncc1-c1noc(-c2ccc([N+](=O)[O-])cc2N)n1. The second-order valence-corrected chi connectivity index (χ2v) is 4.34. The van der Waals surface area contributed by atoms with Crippen molar-refractivity contribution in [3.63, 3.8) is 0 Å². The Morgan fingerprint density at radius 1 is 1.43 bits per heavy atom. The van der Waals surface area contributed by atoms with Crippen LogP contribution < -0.4 is 5.73 Å². The molecule has 21 heavy (non-hydrogen) atoms. The van der Waals surface area contributed by atoms with E-state index in [1.165, 1.54) is 18.2 Å². The van der Waals surface area contributed by atoms with Crippen molar-refractivity contribution < 1.29 is 9.45 Å². The topological polar surface area (TPSA) is 126 Å². The molecule has 2 aromatic heterocycles. The Morgan fingerprint density at radius 3 is 2.86 bits per heavy atom. The highest BCUT2D eigenvalue weighted by atomic mass is 16.6. The number of nitrogens with zero attached hydrogens (tertiary/aromatic N) is 5. The summed E-state index contributed by atoms with van der Waals surface area (Å²) in [7, 11) is 1.80. The molecule has 9 heteroatoms. The van der Waals surface area contributed by atoms with E-state index in [1.54, 1.807) is 24.1 Å². The number of aryl methyl sites for hydroxylation is 1. The number of benzene rings is 1. The number of anilines is 1. The number of nitrogens with two attached hydrogens (primary N) is 1. The standard InChI is InChI=1S/C12H10N6O3/c1-17-6-14-5-10(17)11-15-12(21-16-11)8-3-2-7(18(19)20)4-9(8)13/h2-6H,13H2,1H3. The molecule has 0 amide bonds. The van der Waals surface area contributed by atoms with Crippen LogP contribution in [-0.2, 0) is 7.05 Å². The van der Waals surface area contributed by atoms with Crippen molar-refractivity contribution in [3.8, 4) is 23.0 Å². The Labute approximate surface area is 118 Å². The molecule has 0 unspecified atom stereocenters. The fraction of sp³-hybridized carbons (Fsp3) is 0.0833. The summed E-state index contributed by atoms with van der Waals surface area (Å²) < 4.78 is 6.90. The third kappa shape index (κ3) is 2.20. The Kier molecular flexibility index (Phi) is 2.87. The first kappa shape index (κ1) is 12.8. The Balaban J connectivity index is 2.01. The molecule has 106 valence electrons. The van der Waals surface area contributed by atoms with Crippen molar-refractivity contribution in [1.29, 1.82) is 0 Å². The minimum absolute atomic E-state index is 0.0948. The lowest BCUT2D eigenvalue weighted by Gasteiger charge is -1.99. The van der Waals surface area contributed by atoms with Crippen LogP contribution in [0.5, 0.6) is 0 Å². The molecule has 0 aliphatic heterocycles. The summed E-state index contributed by atoms with van der Waals surface area (Å²) in [4.78, 5) is 18.4. The van der Waals surface area contributed by atoms with E-state index >= 15 is 0 Å². The van der Waals surface area contributed by atoms with E-state index in [4.69, 9.17) is 10.3 Å². The van der Waals surface area contributed by atoms with E-state index in [9.17, 15) is 10.1 Å². The monoisotopic (exact) mass is 286 g/mol. The maximum absolute atomic E-state index is 10.7. The van der Waals surface area contributed by atoms with Gasteiger partial charge in [0.1, 0.15) is 5.69 Å². The molecule has 1 aromatic carbocycles. The highest BCUT2D eigenvalue weighted by Gasteiger charge is 2.17. The molecule has 0 bridgehead atoms. The van der Waals surface area contributed by atoms with Gasteiger partial charge in [-0.15, -0.1) is 0 Å². The summed E-state index contributed by atoms with van der Waals surface area (Å²) in [5, 5.41) is 14.5. The van der Waals surface area contributed by atoms with Crippen LogP contribution >= 0.6 is 0 Å². The normalized spacial score (nSPS) is 10.7. The summed E-state index contributed by atoms with van der Waals surface area (Å²) in [6.07, 6.45) is 3.22. The Bertz CT molecular complexity index is 822. The number of nitro benzene ring substituents is 1. The van der Waals surface area contributed by atoms with Crippen LogP contribution in [0, 0.1) is 10.1 Å². The Morgan fingerprint density at radius 2 is 2.24 bits per heavy atom. The molecular weight excluding hydrogens is 276 g/mol. The average molecular weight is 286 g/mol. The smallest absolute Gasteiger partial charge is 0.271 e. The molecule has 9 nitrogen and oxygen atoms in total. The van der Waals surface area contributed by atoms with Crippen LogP contribution in [0.25, 0.3) is 23.0 Å². The number of non-ortho nitro benzene ring substituents is 1. The molecule has 0 fully saturated rings. The molecular formula is C12H10N6O3. The molecule has 0 spiro atoms. The first-order valence-corrected chi connectivity index (χ1v) is 5.91. The number of hydrogen-bond acceptors (Lipinski definition) is 7. The highest BCUT2D eigenvalue weighted by Crippen LogP contribution is 2.29. The summed E-state index contributed by atoms with van der Waals surface area (Å²) in [6.45, 7) is 0.